The van der Waals surface area contributed by atoms with Gasteiger partial charge in [-0.3, -0.25) is 4.79 Å². The van der Waals surface area contributed by atoms with Gasteiger partial charge in [0.05, 0.1) is 22.5 Å². The van der Waals surface area contributed by atoms with Crippen molar-refractivity contribution in [3.05, 3.63) is 47.3 Å². The fourth-order valence-electron chi connectivity index (χ4n) is 3.68. The van der Waals surface area contributed by atoms with E-state index in [9.17, 15) is 4.79 Å². The molecule has 7 nitrogen and oxygen atoms in total. The molecule has 2 N–H and O–H groups in total. The number of amides is 1. The van der Waals surface area contributed by atoms with Crippen LogP contribution in [0.2, 0.25) is 0 Å². The molecule has 1 aromatic carbocycles. The van der Waals surface area contributed by atoms with Crippen molar-refractivity contribution in [2.24, 2.45) is 5.10 Å². The molecule has 30 heavy (non-hydrogen) atoms. The first-order chi connectivity index (χ1) is 14.5. The Labute approximate surface area is 180 Å². The number of ether oxygens (including phenoxy) is 1. The van der Waals surface area contributed by atoms with E-state index in [0.29, 0.717) is 0 Å². The van der Waals surface area contributed by atoms with Gasteiger partial charge in [0.15, 0.2) is 5.13 Å². The smallest absolute Gasteiger partial charge is 0.262 e. The Morgan fingerprint density at radius 3 is 3.03 bits per heavy atom. The second kappa shape index (κ2) is 8.97. The summed E-state index contributed by atoms with van der Waals surface area (Å²) in [5.74, 6) is -0.210. The highest BCUT2D eigenvalue weighted by Crippen LogP contribution is 2.25. The fraction of sp³-hybridized carbons (Fsp3) is 0.409. The van der Waals surface area contributed by atoms with Crippen LogP contribution in [0.25, 0.3) is 10.2 Å². The summed E-state index contributed by atoms with van der Waals surface area (Å²) in [6, 6.07) is 9.54. The van der Waals surface area contributed by atoms with Crippen LogP contribution in [0.5, 0.6) is 0 Å². The van der Waals surface area contributed by atoms with Gasteiger partial charge in [0.25, 0.3) is 5.91 Å². The summed E-state index contributed by atoms with van der Waals surface area (Å²) in [7, 11) is 0. The van der Waals surface area contributed by atoms with Crippen LogP contribution < -0.4 is 10.7 Å². The third-order valence-electron chi connectivity index (χ3n) is 5.43. The predicted octanol–water partition coefficient (Wildman–Crippen LogP) is 3.84. The first kappa shape index (κ1) is 20.6. The monoisotopic (exact) mass is 425 g/mol. The number of anilines is 1. The Morgan fingerprint density at radius 2 is 2.27 bits per heavy atom. The zero-order chi connectivity index (χ0) is 21.1. The molecule has 1 aliphatic heterocycles. The van der Waals surface area contributed by atoms with E-state index in [1.807, 2.05) is 24.3 Å². The van der Waals surface area contributed by atoms with Crippen LogP contribution in [0.4, 0.5) is 5.13 Å². The normalized spacial score (nSPS) is 17.6. The Kier molecular flexibility index (Phi) is 6.15. The van der Waals surface area contributed by atoms with Crippen LogP contribution in [-0.4, -0.2) is 40.4 Å². The van der Waals surface area contributed by atoms with Crippen molar-refractivity contribution < 1.29 is 9.53 Å². The number of rotatable bonds is 7. The van der Waals surface area contributed by atoms with Gasteiger partial charge in [-0.25, -0.2) is 10.4 Å². The largest absolute Gasteiger partial charge is 0.376 e. The van der Waals surface area contributed by atoms with Gasteiger partial charge in [-0.1, -0.05) is 23.5 Å². The van der Waals surface area contributed by atoms with Crippen LogP contribution in [0.3, 0.4) is 0 Å². The van der Waals surface area contributed by atoms with Gasteiger partial charge in [-0.15, -0.1) is 0 Å². The van der Waals surface area contributed by atoms with E-state index in [0.717, 1.165) is 52.6 Å². The number of aromatic nitrogens is 2. The van der Waals surface area contributed by atoms with Gasteiger partial charge in [-0.2, -0.15) is 5.10 Å². The molecule has 1 saturated heterocycles. The number of hydrazone groups is 1. The maximum absolute atomic E-state index is 12.4. The maximum atomic E-state index is 12.4. The summed E-state index contributed by atoms with van der Waals surface area (Å²) < 4.78 is 9.11. The number of hydrogen-bond donors (Lipinski definition) is 2. The van der Waals surface area contributed by atoms with Crippen molar-refractivity contribution in [3.8, 4) is 0 Å². The van der Waals surface area contributed by atoms with Crippen molar-refractivity contribution in [1.29, 1.82) is 0 Å². The van der Waals surface area contributed by atoms with E-state index in [4.69, 9.17) is 4.74 Å². The van der Waals surface area contributed by atoms with Gasteiger partial charge in [0.1, 0.15) is 6.04 Å². The van der Waals surface area contributed by atoms with Crippen molar-refractivity contribution in [2.45, 2.75) is 52.3 Å². The molecule has 4 rings (SSSR count). The number of nitrogens with one attached hydrogen (secondary N) is 2. The highest BCUT2D eigenvalue weighted by atomic mass is 32.1. The standard InChI is InChI=1S/C22H27N5O2S/c1-14-11-17(16(3)27(14)13-18-7-6-10-29-18)12-23-26-21(28)15(2)24-22-25-19-8-4-5-9-20(19)30-22/h4-5,8-9,11-12,15,18H,6-7,10,13H2,1-3H3,(H,24,25)(H,26,28)/b23-12-/t15-,18+/m1/s1. The fourth-order valence-corrected chi connectivity index (χ4v) is 4.63. The number of fused-ring (bicyclic) bond motifs is 1. The Hall–Kier alpha value is -2.71. The van der Waals surface area contributed by atoms with E-state index in [1.165, 1.54) is 17.0 Å². The molecule has 3 aromatic rings. The van der Waals surface area contributed by atoms with Crippen LogP contribution in [0.1, 0.15) is 36.7 Å². The summed E-state index contributed by atoms with van der Waals surface area (Å²) in [4.78, 5) is 16.9. The molecule has 158 valence electrons. The molecule has 0 radical (unpaired) electrons. The van der Waals surface area contributed by atoms with Crippen LogP contribution in [0, 0.1) is 13.8 Å². The third-order valence-corrected chi connectivity index (χ3v) is 6.40. The SMILES string of the molecule is Cc1cc(/C=N\NC(=O)[C@@H](C)Nc2nc3ccccc3s2)c(C)n1C[C@@H]1CCCO1. The van der Waals surface area contributed by atoms with E-state index in [1.54, 1.807) is 13.1 Å². The lowest BCUT2D eigenvalue weighted by atomic mass is 10.2. The molecule has 0 bridgehead atoms. The van der Waals surface area contributed by atoms with E-state index < -0.39 is 6.04 Å². The molecule has 1 aliphatic rings. The van der Waals surface area contributed by atoms with Crippen molar-refractivity contribution in [1.82, 2.24) is 15.0 Å². The molecule has 3 heterocycles. The number of aryl methyl sites for hydroxylation is 1. The van der Waals surface area contributed by atoms with Crippen LogP contribution >= 0.6 is 11.3 Å². The number of carbonyl (C=O) groups is 1. The minimum absolute atomic E-state index is 0.210. The second-order valence-corrected chi connectivity index (χ2v) is 8.69. The summed E-state index contributed by atoms with van der Waals surface area (Å²) in [5.41, 5.74) is 6.84. The average molecular weight is 426 g/mol. The molecular weight excluding hydrogens is 398 g/mol. The van der Waals surface area contributed by atoms with E-state index in [2.05, 4.69) is 45.3 Å². The molecule has 0 aliphatic carbocycles. The predicted molar refractivity (Wildman–Crippen MR) is 121 cm³/mol. The number of carbonyl (C=O) groups excluding carboxylic acids is 1. The van der Waals surface area contributed by atoms with Crippen molar-refractivity contribution >= 4 is 38.8 Å². The van der Waals surface area contributed by atoms with Gasteiger partial charge in [0.2, 0.25) is 0 Å². The molecule has 0 unspecified atom stereocenters. The lowest BCUT2D eigenvalue weighted by molar-refractivity contribution is -0.121. The highest BCUT2D eigenvalue weighted by molar-refractivity contribution is 7.22. The molecule has 0 spiro atoms. The quantitative estimate of drug-likeness (QED) is 0.445. The molecule has 8 heteroatoms. The minimum atomic E-state index is -0.449. The maximum Gasteiger partial charge on any atom is 0.262 e. The zero-order valence-corrected chi connectivity index (χ0v) is 18.3. The van der Waals surface area contributed by atoms with Gasteiger partial charge < -0.3 is 14.6 Å². The molecule has 1 fully saturated rings. The van der Waals surface area contributed by atoms with Gasteiger partial charge in [-0.05, 0) is 51.8 Å². The molecule has 1 amide bonds. The van der Waals surface area contributed by atoms with Crippen molar-refractivity contribution in [3.63, 3.8) is 0 Å². The third kappa shape index (κ3) is 4.55. The van der Waals surface area contributed by atoms with Crippen LogP contribution in [0.15, 0.2) is 35.4 Å². The number of thiazole rings is 1. The van der Waals surface area contributed by atoms with E-state index in [-0.39, 0.29) is 12.0 Å². The first-order valence-corrected chi connectivity index (χ1v) is 11.1. The molecular formula is C22H27N5O2S. The van der Waals surface area contributed by atoms with Gasteiger partial charge >= 0.3 is 0 Å². The average Bonchev–Trinajstić information content (AvgIpc) is 3.44. The molecule has 2 atom stereocenters. The lowest BCUT2D eigenvalue weighted by Gasteiger charge is -2.14. The molecule has 0 saturated carbocycles. The number of nitrogens with zero attached hydrogens (tertiary/aromatic N) is 3. The highest BCUT2D eigenvalue weighted by Gasteiger charge is 2.19. The minimum Gasteiger partial charge on any atom is -0.376 e. The number of para-hydroxylation sites is 1. The topological polar surface area (TPSA) is 80.5 Å². The van der Waals surface area contributed by atoms with Crippen molar-refractivity contribution in [2.75, 3.05) is 11.9 Å². The second-order valence-electron chi connectivity index (χ2n) is 7.66. The first-order valence-electron chi connectivity index (χ1n) is 10.2. The Bertz CT molecular complexity index is 1030. The zero-order valence-electron chi connectivity index (χ0n) is 17.5. The summed E-state index contributed by atoms with van der Waals surface area (Å²) in [6.07, 6.45) is 4.23. The summed E-state index contributed by atoms with van der Waals surface area (Å²) in [5, 5.41) is 8.04. The number of hydrogen-bond acceptors (Lipinski definition) is 6. The van der Waals surface area contributed by atoms with Gasteiger partial charge in [0, 0.05) is 30.1 Å². The van der Waals surface area contributed by atoms with Crippen LogP contribution in [-0.2, 0) is 16.1 Å². The summed E-state index contributed by atoms with van der Waals surface area (Å²) >= 11 is 1.53. The Balaban J connectivity index is 1.34. The Morgan fingerprint density at radius 1 is 1.43 bits per heavy atom. The lowest BCUT2D eigenvalue weighted by Crippen LogP contribution is -2.34. The van der Waals surface area contributed by atoms with E-state index >= 15 is 0 Å². The number of benzene rings is 1. The summed E-state index contributed by atoms with van der Waals surface area (Å²) in [6.45, 7) is 7.67. The molecule has 2 aromatic heterocycles.